The normalized spacial score (nSPS) is 41.7. The minimum absolute atomic E-state index is 0.262. The third kappa shape index (κ3) is 3.98. The van der Waals surface area contributed by atoms with Crippen molar-refractivity contribution in [2.24, 2.45) is 17.8 Å². The van der Waals surface area contributed by atoms with Crippen molar-refractivity contribution in [3.8, 4) is 0 Å². The predicted molar refractivity (Wildman–Crippen MR) is 91.5 cm³/mol. The molecule has 1 saturated heterocycles. The molecule has 11 heteroatoms. The molecule has 0 radical (unpaired) electrons. The van der Waals surface area contributed by atoms with Crippen LogP contribution in [0.3, 0.4) is 0 Å². The zero-order chi connectivity index (χ0) is 21.3. The Hall–Kier alpha value is -1.76. The van der Waals surface area contributed by atoms with Crippen LogP contribution in [0.4, 0.5) is 0 Å². The average Bonchev–Trinajstić information content (AvgIpc) is 3.18. The molecule has 0 aromatic heterocycles. The number of rotatable bonds is 5. The molecule has 9 atom stereocenters. The summed E-state index contributed by atoms with van der Waals surface area (Å²) in [6.07, 6.45) is -6.37. The van der Waals surface area contributed by atoms with E-state index in [0.717, 1.165) is 0 Å². The molecule has 0 amide bonds. The van der Waals surface area contributed by atoms with Gasteiger partial charge in [0.1, 0.15) is 24.4 Å². The molecule has 0 aromatic rings. The Balaban J connectivity index is 1.84. The van der Waals surface area contributed by atoms with E-state index in [1.54, 1.807) is 0 Å². The molecule has 0 aromatic carbocycles. The Morgan fingerprint density at radius 3 is 2.41 bits per heavy atom. The van der Waals surface area contributed by atoms with E-state index in [1.165, 1.54) is 20.5 Å². The van der Waals surface area contributed by atoms with E-state index in [4.69, 9.17) is 23.7 Å². The molecule has 3 aliphatic rings. The molecule has 3 rings (SSSR count). The topological polar surface area (TPSA) is 161 Å². The third-order valence-electron chi connectivity index (χ3n) is 5.80. The van der Waals surface area contributed by atoms with E-state index in [-0.39, 0.29) is 5.57 Å². The number of ether oxygens (including phenoxy) is 5. The predicted octanol–water partition coefficient (Wildman–Crippen LogP) is -1.97. The lowest BCUT2D eigenvalue weighted by atomic mass is 9.82. The van der Waals surface area contributed by atoms with Crippen molar-refractivity contribution >= 4 is 11.9 Å². The van der Waals surface area contributed by atoms with Crippen molar-refractivity contribution in [3.63, 3.8) is 0 Å². The standard InChI is InChI=1S/C18H26O11/c1-25-15(23)8-4-3-7-9(16(24)26-2)6-27-17(11(7)8)29-18-14(22)13(21)12(20)10(5-19)28-18/h6-8,10-14,17-22H,3-5H2,1-2H3. The van der Waals surface area contributed by atoms with Crippen LogP contribution in [0.15, 0.2) is 11.8 Å². The summed E-state index contributed by atoms with van der Waals surface area (Å²) in [4.78, 5) is 24.3. The molecule has 1 aliphatic carbocycles. The molecular weight excluding hydrogens is 392 g/mol. The number of fused-ring (bicyclic) bond motifs is 1. The van der Waals surface area contributed by atoms with Gasteiger partial charge in [-0.15, -0.1) is 0 Å². The zero-order valence-corrected chi connectivity index (χ0v) is 16.0. The number of methoxy groups -OCH3 is 2. The maximum atomic E-state index is 12.3. The van der Waals surface area contributed by atoms with E-state index >= 15 is 0 Å². The number of aliphatic hydroxyl groups excluding tert-OH is 4. The fourth-order valence-corrected chi connectivity index (χ4v) is 4.26. The van der Waals surface area contributed by atoms with Crippen LogP contribution in [-0.4, -0.2) is 90.2 Å². The lowest BCUT2D eigenvalue weighted by Gasteiger charge is -2.43. The molecule has 0 spiro atoms. The van der Waals surface area contributed by atoms with Crippen LogP contribution >= 0.6 is 0 Å². The van der Waals surface area contributed by atoms with Gasteiger partial charge in [0.25, 0.3) is 0 Å². The van der Waals surface area contributed by atoms with E-state index < -0.39 is 73.3 Å². The summed E-state index contributed by atoms with van der Waals surface area (Å²) in [7, 11) is 2.49. The van der Waals surface area contributed by atoms with Gasteiger partial charge in [0.2, 0.25) is 6.29 Å². The van der Waals surface area contributed by atoms with Crippen LogP contribution in [0.2, 0.25) is 0 Å². The van der Waals surface area contributed by atoms with Gasteiger partial charge in [-0.05, 0) is 12.8 Å². The van der Waals surface area contributed by atoms with Gasteiger partial charge < -0.3 is 44.1 Å². The highest BCUT2D eigenvalue weighted by molar-refractivity contribution is 5.89. The number of hydrogen-bond donors (Lipinski definition) is 4. The molecule has 2 aliphatic heterocycles. The number of esters is 2. The van der Waals surface area contributed by atoms with Gasteiger partial charge in [-0.25, -0.2) is 4.79 Å². The highest BCUT2D eigenvalue weighted by Crippen LogP contribution is 2.48. The third-order valence-corrected chi connectivity index (χ3v) is 5.80. The van der Waals surface area contributed by atoms with E-state index in [0.29, 0.717) is 12.8 Å². The van der Waals surface area contributed by atoms with Crippen molar-refractivity contribution in [1.29, 1.82) is 0 Å². The van der Waals surface area contributed by atoms with Crippen molar-refractivity contribution in [1.82, 2.24) is 0 Å². The second-order valence-corrected chi connectivity index (χ2v) is 7.29. The Morgan fingerprint density at radius 1 is 1.07 bits per heavy atom. The van der Waals surface area contributed by atoms with Gasteiger partial charge in [-0.2, -0.15) is 0 Å². The Morgan fingerprint density at radius 2 is 1.79 bits per heavy atom. The Kier molecular flexibility index (Phi) is 6.76. The molecule has 164 valence electrons. The van der Waals surface area contributed by atoms with Crippen molar-refractivity contribution < 1.29 is 53.7 Å². The van der Waals surface area contributed by atoms with Gasteiger partial charge in [0.05, 0.1) is 38.6 Å². The summed E-state index contributed by atoms with van der Waals surface area (Å²) in [6.45, 7) is -0.612. The minimum Gasteiger partial charge on any atom is -0.472 e. The van der Waals surface area contributed by atoms with Crippen molar-refractivity contribution in [3.05, 3.63) is 11.8 Å². The first-order valence-corrected chi connectivity index (χ1v) is 9.31. The number of carbonyl (C=O) groups is 2. The van der Waals surface area contributed by atoms with Gasteiger partial charge in [-0.3, -0.25) is 4.79 Å². The van der Waals surface area contributed by atoms with Gasteiger partial charge >= 0.3 is 11.9 Å². The van der Waals surface area contributed by atoms with Crippen LogP contribution in [0.5, 0.6) is 0 Å². The van der Waals surface area contributed by atoms with E-state index in [1.807, 2.05) is 0 Å². The maximum absolute atomic E-state index is 12.3. The Bertz CT molecular complexity index is 648. The number of aliphatic hydroxyl groups is 4. The summed E-state index contributed by atoms with van der Waals surface area (Å²) < 4.78 is 26.3. The van der Waals surface area contributed by atoms with Crippen LogP contribution in [0, 0.1) is 17.8 Å². The molecule has 29 heavy (non-hydrogen) atoms. The number of carbonyl (C=O) groups excluding carboxylic acids is 2. The van der Waals surface area contributed by atoms with Gasteiger partial charge in [0, 0.05) is 11.8 Å². The highest BCUT2D eigenvalue weighted by Gasteiger charge is 2.54. The van der Waals surface area contributed by atoms with E-state index in [9.17, 15) is 30.0 Å². The lowest BCUT2D eigenvalue weighted by molar-refractivity contribution is -0.342. The first-order valence-electron chi connectivity index (χ1n) is 9.31. The molecule has 0 bridgehead atoms. The summed E-state index contributed by atoms with van der Waals surface area (Å²) >= 11 is 0. The monoisotopic (exact) mass is 418 g/mol. The molecule has 1 saturated carbocycles. The highest BCUT2D eigenvalue weighted by atomic mass is 16.8. The van der Waals surface area contributed by atoms with Crippen LogP contribution in [0.1, 0.15) is 12.8 Å². The van der Waals surface area contributed by atoms with Crippen molar-refractivity contribution in [2.75, 3.05) is 20.8 Å². The second-order valence-electron chi connectivity index (χ2n) is 7.29. The quantitative estimate of drug-likeness (QED) is 0.367. The molecule has 9 unspecified atom stereocenters. The van der Waals surface area contributed by atoms with Crippen LogP contribution < -0.4 is 0 Å². The smallest absolute Gasteiger partial charge is 0.337 e. The molecule has 2 fully saturated rings. The molecule has 2 heterocycles. The summed E-state index contributed by atoms with van der Waals surface area (Å²) in [6, 6.07) is 0. The first-order chi connectivity index (χ1) is 13.8. The average molecular weight is 418 g/mol. The minimum atomic E-state index is -1.63. The van der Waals surface area contributed by atoms with Gasteiger partial charge in [-0.1, -0.05) is 0 Å². The summed E-state index contributed by atoms with van der Waals surface area (Å²) in [5.74, 6) is -2.75. The maximum Gasteiger partial charge on any atom is 0.337 e. The largest absolute Gasteiger partial charge is 0.472 e. The molecule has 11 nitrogen and oxygen atoms in total. The summed E-state index contributed by atoms with van der Waals surface area (Å²) in [5.41, 5.74) is 0.262. The van der Waals surface area contributed by atoms with Crippen LogP contribution in [0.25, 0.3) is 0 Å². The second kappa shape index (κ2) is 8.94. The summed E-state index contributed by atoms with van der Waals surface area (Å²) in [5, 5.41) is 39.4. The first kappa shape index (κ1) is 21.9. The molecule has 4 N–H and O–H groups in total. The molecular formula is C18H26O11. The van der Waals surface area contributed by atoms with Crippen LogP contribution in [-0.2, 0) is 33.3 Å². The lowest BCUT2D eigenvalue weighted by Crippen LogP contribution is -2.60. The van der Waals surface area contributed by atoms with E-state index in [2.05, 4.69) is 0 Å². The zero-order valence-electron chi connectivity index (χ0n) is 16.0. The van der Waals surface area contributed by atoms with Crippen molar-refractivity contribution in [2.45, 2.75) is 49.8 Å². The fraction of sp³-hybridized carbons (Fsp3) is 0.778. The number of hydrogen-bond acceptors (Lipinski definition) is 11. The fourth-order valence-electron chi connectivity index (χ4n) is 4.26. The SMILES string of the molecule is COC(=O)C1=COC(OC2OC(CO)C(O)C(O)C2O)C2C(C(=O)OC)CCC12. The Labute approximate surface area is 166 Å². The van der Waals surface area contributed by atoms with Gasteiger partial charge in [0.15, 0.2) is 6.29 Å².